The van der Waals surface area contributed by atoms with Crippen LogP contribution in [-0.4, -0.2) is 40.6 Å². The molecule has 2 rings (SSSR count). The van der Waals surface area contributed by atoms with Gasteiger partial charge in [0.05, 0.1) is 11.6 Å². The van der Waals surface area contributed by atoms with Crippen LogP contribution in [0.1, 0.15) is 23.8 Å². The van der Waals surface area contributed by atoms with Crippen molar-refractivity contribution in [2.45, 2.75) is 13.3 Å². The lowest BCUT2D eigenvalue weighted by Crippen LogP contribution is -2.34. The molecule has 2 aromatic rings. The van der Waals surface area contributed by atoms with Gasteiger partial charge < -0.3 is 15.0 Å². The predicted octanol–water partition coefficient (Wildman–Crippen LogP) is 3.32. The zero-order chi connectivity index (χ0) is 14.7. The number of hydrogen-bond acceptors (Lipinski definition) is 2. The number of rotatable bonds is 5. The first-order valence-corrected chi connectivity index (χ1v) is 7.21. The number of nitrogens with one attached hydrogen (secondary N) is 1. The van der Waals surface area contributed by atoms with Crippen molar-refractivity contribution in [1.82, 2.24) is 9.88 Å². The maximum Gasteiger partial charge on any atom is 0.271 e. The minimum absolute atomic E-state index is 0.0740. The molecule has 1 amide bonds. The molecule has 0 aliphatic rings. The van der Waals surface area contributed by atoms with E-state index in [1.54, 1.807) is 23.1 Å². The first-order valence-electron chi connectivity index (χ1n) is 6.45. The Bertz CT molecular complexity index is 619. The minimum Gasteiger partial charge on any atom is -0.395 e. The number of fused-ring (bicyclic) bond motifs is 1. The molecule has 1 aromatic carbocycles. The molecule has 6 heteroatoms. The van der Waals surface area contributed by atoms with Crippen LogP contribution in [0, 0.1) is 0 Å². The predicted molar refractivity (Wildman–Crippen MR) is 81.6 cm³/mol. The quantitative estimate of drug-likeness (QED) is 0.889. The summed E-state index contributed by atoms with van der Waals surface area (Å²) in [4.78, 5) is 17.1. The van der Waals surface area contributed by atoms with Gasteiger partial charge in [0, 0.05) is 29.0 Å². The smallest absolute Gasteiger partial charge is 0.271 e. The Balaban J connectivity index is 2.40. The van der Waals surface area contributed by atoms with Gasteiger partial charge in [0.15, 0.2) is 0 Å². The standard InChI is InChI=1S/C14H16Cl2N2O2/c1-2-5-18(6-7-19)14(20)13-12(16)10-8-9(15)3-4-11(10)17-13/h3-4,8,17,19H,2,5-7H2,1H3. The summed E-state index contributed by atoms with van der Waals surface area (Å²) >= 11 is 12.2. The van der Waals surface area contributed by atoms with Gasteiger partial charge in [-0.15, -0.1) is 0 Å². The SMILES string of the molecule is CCCN(CCO)C(=O)c1[nH]c2ccc(Cl)cc2c1Cl. The topological polar surface area (TPSA) is 56.3 Å². The third kappa shape index (κ3) is 2.92. The zero-order valence-corrected chi connectivity index (χ0v) is 12.6. The van der Waals surface area contributed by atoms with Crippen LogP contribution in [0.2, 0.25) is 10.0 Å². The largest absolute Gasteiger partial charge is 0.395 e. The maximum atomic E-state index is 12.5. The second-order valence-corrected chi connectivity index (χ2v) is 5.33. The zero-order valence-electron chi connectivity index (χ0n) is 11.1. The molecular formula is C14H16Cl2N2O2. The molecule has 0 atom stereocenters. The molecule has 108 valence electrons. The first-order chi connectivity index (χ1) is 9.58. The number of aromatic amines is 1. The molecule has 0 aliphatic heterocycles. The third-order valence-corrected chi connectivity index (χ3v) is 3.69. The van der Waals surface area contributed by atoms with Crippen molar-refractivity contribution in [3.63, 3.8) is 0 Å². The van der Waals surface area contributed by atoms with E-state index in [9.17, 15) is 4.79 Å². The van der Waals surface area contributed by atoms with E-state index in [4.69, 9.17) is 28.3 Å². The van der Waals surface area contributed by atoms with Gasteiger partial charge in [-0.05, 0) is 24.6 Å². The number of aromatic nitrogens is 1. The lowest BCUT2D eigenvalue weighted by molar-refractivity contribution is 0.0717. The summed E-state index contributed by atoms with van der Waals surface area (Å²) in [5.74, 6) is -0.210. The van der Waals surface area contributed by atoms with E-state index in [0.717, 1.165) is 17.3 Å². The van der Waals surface area contributed by atoms with Crippen LogP contribution < -0.4 is 0 Å². The number of aliphatic hydroxyl groups excluding tert-OH is 1. The van der Waals surface area contributed by atoms with Gasteiger partial charge in [0.1, 0.15) is 5.69 Å². The van der Waals surface area contributed by atoms with E-state index in [2.05, 4.69) is 4.98 Å². The summed E-state index contributed by atoms with van der Waals surface area (Å²) in [5, 5.41) is 10.7. The number of benzene rings is 1. The molecule has 0 aliphatic carbocycles. The van der Waals surface area contributed by atoms with Crippen LogP contribution in [0.3, 0.4) is 0 Å². The fraction of sp³-hybridized carbons (Fsp3) is 0.357. The number of carbonyl (C=O) groups is 1. The molecular weight excluding hydrogens is 299 g/mol. The van der Waals surface area contributed by atoms with E-state index < -0.39 is 0 Å². The van der Waals surface area contributed by atoms with Crippen molar-refractivity contribution < 1.29 is 9.90 Å². The van der Waals surface area contributed by atoms with Crippen molar-refractivity contribution in [3.8, 4) is 0 Å². The Kier molecular flexibility index (Phi) is 4.91. The van der Waals surface area contributed by atoms with Gasteiger partial charge in [0.25, 0.3) is 5.91 Å². The van der Waals surface area contributed by atoms with Crippen molar-refractivity contribution in [1.29, 1.82) is 0 Å². The molecule has 0 radical (unpaired) electrons. The molecule has 20 heavy (non-hydrogen) atoms. The number of amides is 1. The van der Waals surface area contributed by atoms with Gasteiger partial charge in [0.2, 0.25) is 0 Å². The number of hydrogen-bond donors (Lipinski definition) is 2. The van der Waals surface area contributed by atoms with Gasteiger partial charge in [-0.3, -0.25) is 4.79 Å². The lowest BCUT2D eigenvalue weighted by atomic mass is 10.2. The van der Waals surface area contributed by atoms with E-state index >= 15 is 0 Å². The summed E-state index contributed by atoms with van der Waals surface area (Å²) in [6.07, 6.45) is 0.815. The molecule has 4 nitrogen and oxygen atoms in total. The maximum absolute atomic E-state index is 12.5. The van der Waals surface area contributed by atoms with E-state index in [1.807, 2.05) is 6.92 Å². The Hall–Kier alpha value is -1.23. The number of aliphatic hydroxyl groups is 1. The highest BCUT2D eigenvalue weighted by Crippen LogP contribution is 2.30. The highest BCUT2D eigenvalue weighted by molar-refractivity contribution is 6.39. The van der Waals surface area contributed by atoms with Crippen molar-refractivity contribution >= 4 is 40.0 Å². The van der Waals surface area contributed by atoms with Crippen LogP contribution in [-0.2, 0) is 0 Å². The van der Waals surface area contributed by atoms with E-state index in [0.29, 0.717) is 28.8 Å². The summed E-state index contributed by atoms with van der Waals surface area (Å²) in [5.41, 5.74) is 1.11. The molecule has 1 heterocycles. The molecule has 0 spiro atoms. The van der Waals surface area contributed by atoms with Gasteiger partial charge >= 0.3 is 0 Å². The van der Waals surface area contributed by atoms with Crippen LogP contribution in [0.25, 0.3) is 10.9 Å². The van der Waals surface area contributed by atoms with Crippen LogP contribution in [0.4, 0.5) is 0 Å². The average Bonchev–Trinajstić information content (AvgIpc) is 2.75. The Morgan fingerprint density at radius 1 is 1.35 bits per heavy atom. The fourth-order valence-electron chi connectivity index (χ4n) is 2.14. The number of nitrogens with zero attached hydrogens (tertiary/aromatic N) is 1. The molecule has 0 fully saturated rings. The number of carbonyl (C=O) groups excluding carboxylic acids is 1. The second kappa shape index (κ2) is 6.48. The Morgan fingerprint density at radius 2 is 2.10 bits per heavy atom. The highest BCUT2D eigenvalue weighted by atomic mass is 35.5. The highest BCUT2D eigenvalue weighted by Gasteiger charge is 2.21. The lowest BCUT2D eigenvalue weighted by Gasteiger charge is -2.20. The first kappa shape index (κ1) is 15.2. The third-order valence-electron chi connectivity index (χ3n) is 3.06. The molecule has 0 bridgehead atoms. The molecule has 0 saturated carbocycles. The summed E-state index contributed by atoms with van der Waals surface area (Å²) in [6, 6.07) is 5.25. The van der Waals surface area contributed by atoms with Crippen molar-refractivity contribution in [2.75, 3.05) is 19.7 Å². The molecule has 0 saturated heterocycles. The number of halogens is 2. The fourth-order valence-corrected chi connectivity index (χ4v) is 2.60. The summed E-state index contributed by atoms with van der Waals surface area (Å²) in [7, 11) is 0. The van der Waals surface area contributed by atoms with Gasteiger partial charge in [-0.2, -0.15) is 0 Å². The average molecular weight is 315 g/mol. The summed E-state index contributed by atoms with van der Waals surface area (Å²) < 4.78 is 0. The Labute approximate surface area is 127 Å². The Morgan fingerprint density at radius 3 is 2.75 bits per heavy atom. The monoisotopic (exact) mass is 314 g/mol. The number of H-pyrrole nitrogens is 1. The van der Waals surface area contributed by atoms with Gasteiger partial charge in [-0.1, -0.05) is 30.1 Å². The van der Waals surface area contributed by atoms with Crippen LogP contribution in [0.5, 0.6) is 0 Å². The van der Waals surface area contributed by atoms with Crippen molar-refractivity contribution in [3.05, 3.63) is 33.9 Å². The summed E-state index contributed by atoms with van der Waals surface area (Å²) in [6.45, 7) is 2.77. The normalized spacial score (nSPS) is 11.0. The molecule has 2 N–H and O–H groups in total. The second-order valence-electron chi connectivity index (χ2n) is 4.52. The van der Waals surface area contributed by atoms with Crippen LogP contribution >= 0.6 is 23.2 Å². The van der Waals surface area contributed by atoms with E-state index in [-0.39, 0.29) is 12.5 Å². The van der Waals surface area contributed by atoms with Gasteiger partial charge in [-0.25, -0.2) is 0 Å². The van der Waals surface area contributed by atoms with E-state index in [1.165, 1.54) is 0 Å². The molecule has 0 unspecified atom stereocenters. The minimum atomic E-state index is -0.210. The van der Waals surface area contributed by atoms with Crippen molar-refractivity contribution in [2.24, 2.45) is 0 Å². The van der Waals surface area contributed by atoms with Crippen LogP contribution in [0.15, 0.2) is 18.2 Å². The molecule has 1 aromatic heterocycles.